The Labute approximate surface area is 135 Å². The molecule has 2 aromatic rings. The summed E-state index contributed by atoms with van der Waals surface area (Å²) in [5.74, 6) is 1.44. The van der Waals surface area contributed by atoms with Crippen LogP contribution in [0.15, 0.2) is 82.5 Å². The maximum absolute atomic E-state index is 10.5. The number of aliphatic hydroxyl groups excluding tert-OH is 1. The second-order valence-electron chi connectivity index (χ2n) is 6.03. The molecule has 1 aliphatic carbocycles. The van der Waals surface area contributed by atoms with E-state index in [9.17, 15) is 5.11 Å². The number of hydrogen-bond donors (Lipinski definition) is 1. The molecule has 0 saturated heterocycles. The average Bonchev–Trinajstić information content (AvgIpc) is 2.63. The predicted molar refractivity (Wildman–Crippen MR) is 93.3 cm³/mol. The first-order valence-electron chi connectivity index (χ1n) is 7.96. The van der Waals surface area contributed by atoms with Crippen molar-refractivity contribution in [3.05, 3.63) is 83.6 Å². The minimum absolute atomic E-state index is 0.192. The van der Waals surface area contributed by atoms with Crippen LogP contribution >= 0.6 is 0 Å². The van der Waals surface area contributed by atoms with Gasteiger partial charge in [-0.05, 0) is 18.1 Å². The molecule has 0 bridgehead atoms. The summed E-state index contributed by atoms with van der Waals surface area (Å²) in [4.78, 5) is 9.27. The number of allylic oxidation sites excluding steroid dienone is 2. The zero-order valence-corrected chi connectivity index (χ0v) is 12.8. The Morgan fingerprint density at radius 3 is 2.35 bits per heavy atom. The van der Waals surface area contributed by atoms with Crippen molar-refractivity contribution in [2.24, 2.45) is 15.9 Å². The maximum atomic E-state index is 10.5. The highest BCUT2D eigenvalue weighted by Gasteiger charge is 2.31. The number of fused-ring (bicyclic) bond motifs is 1. The van der Waals surface area contributed by atoms with Crippen molar-refractivity contribution in [3.63, 3.8) is 0 Å². The Morgan fingerprint density at radius 1 is 0.913 bits per heavy atom. The van der Waals surface area contributed by atoms with E-state index in [4.69, 9.17) is 0 Å². The molecule has 1 N–H and O–H groups in total. The summed E-state index contributed by atoms with van der Waals surface area (Å²) in [6.45, 7) is 0.685. The highest BCUT2D eigenvalue weighted by molar-refractivity contribution is 6.14. The first-order valence-corrected chi connectivity index (χ1v) is 7.96. The number of rotatable bonds is 2. The Morgan fingerprint density at radius 2 is 1.61 bits per heavy atom. The molecule has 0 amide bonds. The minimum atomic E-state index is 0.192. The molecule has 2 unspecified atom stereocenters. The van der Waals surface area contributed by atoms with E-state index < -0.39 is 0 Å². The lowest BCUT2D eigenvalue weighted by Gasteiger charge is -2.29. The van der Waals surface area contributed by atoms with Gasteiger partial charge in [0.15, 0.2) is 5.84 Å². The highest BCUT2D eigenvalue weighted by Crippen LogP contribution is 2.34. The number of hydrogen-bond acceptors (Lipinski definition) is 3. The van der Waals surface area contributed by atoms with Gasteiger partial charge in [0.25, 0.3) is 0 Å². The van der Waals surface area contributed by atoms with E-state index >= 15 is 0 Å². The molecule has 0 spiro atoms. The largest absolute Gasteiger partial charge is 0.506 e. The van der Waals surface area contributed by atoms with Crippen LogP contribution in [0, 0.1) is 5.92 Å². The van der Waals surface area contributed by atoms with Crippen molar-refractivity contribution in [3.8, 4) is 0 Å². The van der Waals surface area contributed by atoms with Crippen molar-refractivity contribution in [1.29, 1.82) is 0 Å². The Bertz CT molecular complexity index is 791. The molecule has 0 saturated carbocycles. The van der Waals surface area contributed by atoms with Gasteiger partial charge in [0.1, 0.15) is 5.76 Å². The third-order valence-electron chi connectivity index (χ3n) is 4.49. The summed E-state index contributed by atoms with van der Waals surface area (Å²) in [7, 11) is 0. The summed E-state index contributed by atoms with van der Waals surface area (Å²) in [6, 6.07) is 20.2. The fourth-order valence-electron chi connectivity index (χ4n) is 3.30. The molecule has 2 atom stereocenters. The Kier molecular flexibility index (Phi) is 3.54. The quantitative estimate of drug-likeness (QED) is 0.890. The van der Waals surface area contributed by atoms with Crippen LogP contribution in [0.2, 0.25) is 0 Å². The molecule has 4 rings (SSSR count). The van der Waals surface area contributed by atoms with Crippen molar-refractivity contribution in [2.45, 2.75) is 12.3 Å². The fraction of sp³-hybridized carbons (Fsp3) is 0.200. The molecule has 3 heteroatoms. The first-order chi connectivity index (χ1) is 11.3. The summed E-state index contributed by atoms with van der Waals surface area (Å²) in [6.07, 6.45) is 2.87. The molecule has 2 aromatic carbocycles. The molecule has 0 radical (unpaired) electrons. The summed E-state index contributed by atoms with van der Waals surface area (Å²) in [5, 5.41) is 10.5. The van der Waals surface area contributed by atoms with Gasteiger partial charge < -0.3 is 5.11 Å². The van der Waals surface area contributed by atoms with Crippen molar-refractivity contribution < 1.29 is 5.11 Å². The van der Waals surface area contributed by atoms with Gasteiger partial charge in [-0.1, -0.05) is 60.7 Å². The topological polar surface area (TPSA) is 45.0 Å². The summed E-state index contributed by atoms with van der Waals surface area (Å²) < 4.78 is 0. The zero-order chi connectivity index (χ0) is 15.6. The number of aliphatic hydroxyl groups is 1. The maximum Gasteiger partial charge on any atom is 0.155 e. The predicted octanol–water partition coefficient (Wildman–Crippen LogP) is 4.13. The fourth-order valence-corrected chi connectivity index (χ4v) is 3.30. The third-order valence-corrected chi connectivity index (χ3v) is 4.49. The molecule has 114 valence electrons. The van der Waals surface area contributed by atoms with Crippen LogP contribution in [0.3, 0.4) is 0 Å². The first kappa shape index (κ1) is 13.9. The van der Waals surface area contributed by atoms with E-state index in [1.54, 1.807) is 0 Å². The average molecular weight is 302 g/mol. The van der Waals surface area contributed by atoms with Crippen molar-refractivity contribution >= 4 is 11.5 Å². The smallest absolute Gasteiger partial charge is 0.155 e. The van der Waals surface area contributed by atoms with Gasteiger partial charge in [0, 0.05) is 23.9 Å². The second-order valence-corrected chi connectivity index (χ2v) is 6.03. The molecule has 1 aliphatic heterocycles. The SMILES string of the molecule is OC1=CC(c2ccccc2)CC2CN=C(c3ccccc3)N=C12. The number of benzene rings is 2. The van der Waals surface area contributed by atoms with Gasteiger partial charge in [-0.2, -0.15) is 0 Å². The van der Waals surface area contributed by atoms with E-state index in [-0.39, 0.29) is 11.8 Å². The Hall–Kier alpha value is -2.68. The van der Waals surface area contributed by atoms with Gasteiger partial charge in [-0.3, -0.25) is 4.99 Å². The van der Waals surface area contributed by atoms with E-state index in [2.05, 4.69) is 22.1 Å². The van der Waals surface area contributed by atoms with Crippen LogP contribution < -0.4 is 0 Å². The lowest BCUT2D eigenvalue weighted by Crippen LogP contribution is -2.30. The number of amidine groups is 1. The van der Waals surface area contributed by atoms with Gasteiger partial charge in [-0.15, -0.1) is 0 Å². The standard InChI is InChI=1S/C20H18N2O/c23-18-12-16(14-7-3-1-4-8-14)11-17-13-21-20(22-19(17)18)15-9-5-2-6-10-15/h1-10,12,16-17,23H,11,13H2. The van der Waals surface area contributed by atoms with E-state index in [0.717, 1.165) is 23.5 Å². The van der Waals surface area contributed by atoms with Gasteiger partial charge in [0.2, 0.25) is 0 Å². The van der Waals surface area contributed by atoms with Crippen LogP contribution in [0.1, 0.15) is 23.5 Å². The molecule has 23 heavy (non-hydrogen) atoms. The molecule has 2 aliphatic rings. The van der Waals surface area contributed by atoms with Gasteiger partial charge >= 0.3 is 0 Å². The van der Waals surface area contributed by atoms with Gasteiger partial charge in [-0.25, -0.2) is 4.99 Å². The second kappa shape index (κ2) is 5.84. The number of nitrogens with zero attached hydrogens (tertiary/aromatic N) is 2. The lowest BCUT2D eigenvalue weighted by molar-refractivity contribution is 0.412. The van der Waals surface area contributed by atoms with Crippen LogP contribution in [-0.4, -0.2) is 23.2 Å². The van der Waals surface area contributed by atoms with Crippen molar-refractivity contribution in [2.75, 3.05) is 6.54 Å². The molecule has 0 fully saturated rings. The normalized spacial score (nSPS) is 23.4. The molecule has 0 aromatic heterocycles. The van der Waals surface area contributed by atoms with E-state index in [1.165, 1.54) is 5.56 Å². The zero-order valence-electron chi connectivity index (χ0n) is 12.8. The van der Waals surface area contributed by atoms with E-state index in [0.29, 0.717) is 12.3 Å². The summed E-state index contributed by atoms with van der Waals surface area (Å²) >= 11 is 0. The third kappa shape index (κ3) is 2.70. The monoisotopic (exact) mass is 302 g/mol. The van der Waals surface area contributed by atoms with E-state index in [1.807, 2.05) is 54.6 Å². The minimum Gasteiger partial charge on any atom is -0.506 e. The molecular weight excluding hydrogens is 284 g/mol. The Balaban J connectivity index is 1.65. The highest BCUT2D eigenvalue weighted by atomic mass is 16.3. The van der Waals surface area contributed by atoms with Crippen LogP contribution in [0.4, 0.5) is 0 Å². The van der Waals surface area contributed by atoms with Crippen molar-refractivity contribution in [1.82, 2.24) is 0 Å². The lowest BCUT2D eigenvalue weighted by atomic mass is 9.80. The molecular formula is C20H18N2O. The van der Waals surface area contributed by atoms with Crippen LogP contribution in [0.25, 0.3) is 0 Å². The number of aliphatic imine (C=N–C) groups is 2. The molecule has 3 nitrogen and oxygen atoms in total. The van der Waals surface area contributed by atoms with Gasteiger partial charge in [0.05, 0.1) is 5.71 Å². The van der Waals surface area contributed by atoms with Crippen LogP contribution in [0.5, 0.6) is 0 Å². The molecule has 1 heterocycles. The summed E-state index contributed by atoms with van der Waals surface area (Å²) in [5.41, 5.74) is 3.01. The van der Waals surface area contributed by atoms with Crippen LogP contribution in [-0.2, 0) is 0 Å².